The average molecular weight is 262 g/mol. The Bertz CT molecular complexity index is 450. The highest BCUT2D eigenvalue weighted by atomic mass is 16.4. The second-order valence-electron chi connectivity index (χ2n) is 4.65. The Balaban J connectivity index is 1.75. The second kappa shape index (κ2) is 6.22. The van der Waals surface area contributed by atoms with Gasteiger partial charge in [0.15, 0.2) is 0 Å². The fraction of sp³-hybridized carbons (Fsp3) is 0.429. The first-order valence-electron chi connectivity index (χ1n) is 6.52. The molecule has 1 fully saturated rings. The Labute approximate surface area is 112 Å². The zero-order valence-corrected chi connectivity index (χ0v) is 10.8. The van der Waals surface area contributed by atoms with Crippen LogP contribution in [-0.2, 0) is 4.79 Å². The van der Waals surface area contributed by atoms with Crippen molar-refractivity contribution in [2.75, 3.05) is 25.0 Å². The highest BCUT2D eigenvalue weighted by Gasteiger charge is 2.16. The third-order valence-electron chi connectivity index (χ3n) is 3.26. The first-order chi connectivity index (χ1) is 9.16. The summed E-state index contributed by atoms with van der Waals surface area (Å²) in [7, 11) is 0. The fourth-order valence-corrected chi connectivity index (χ4v) is 2.17. The summed E-state index contributed by atoms with van der Waals surface area (Å²) in [6, 6.07) is 6.52. The van der Waals surface area contributed by atoms with E-state index < -0.39 is 5.97 Å². The van der Waals surface area contributed by atoms with Gasteiger partial charge in [-0.05, 0) is 37.1 Å². The number of nitrogens with one attached hydrogen (secondary N) is 1. The van der Waals surface area contributed by atoms with E-state index in [9.17, 15) is 9.59 Å². The van der Waals surface area contributed by atoms with Crippen molar-refractivity contribution in [2.45, 2.75) is 19.3 Å². The Morgan fingerprint density at radius 1 is 1.16 bits per heavy atom. The highest BCUT2D eigenvalue weighted by molar-refractivity contribution is 5.88. The molecular weight excluding hydrogens is 244 g/mol. The average Bonchev–Trinajstić information content (AvgIpc) is 2.93. The third-order valence-corrected chi connectivity index (χ3v) is 3.26. The van der Waals surface area contributed by atoms with E-state index in [1.54, 1.807) is 24.3 Å². The van der Waals surface area contributed by atoms with E-state index in [4.69, 9.17) is 5.11 Å². The molecule has 1 aliphatic rings. The molecule has 1 amide bonds. The van der Waals surface area contributed by atoms with Crippen LogP contribution in [0.3, 0.4) is 0 Å². The van der Waals surface area contributed by atoms with Gasteiger partial charge in [0.2, 0.25) is 5.91 Å². The first kappa shape index (κ1) is 13.4. The van der Waals surface area contributed by atoms with Gasteiger partial charge in [0.1, 0.15) is 0 Å². The lowest BCUT2D eigenvalue weighted by Crippen LogP contribution is -2.29. The Morgan fingerprint density at radius 2 is 1.79 bits per heavy atom. The molecular formula is C14H18N2O3. The van der Waals surface area contributed by atoms with Gasteiger partial charge >= 0.3 is 5.97 Å². The molecule has 0 saturated carbocycles. The number of hydrogen-bond acceptors (Lipinski definition) is 3. The maximum Gasteiger partial charge on any atom is 0.335 e. The predicted octanol–water partition coefficient (Wildman–Crippen LogP) is 1.81. The van der Waals surface area contributed by atoms with Gasteiger partial charge in [-0.15, -0.1) is 0 Å². The minimum Gasteiger partial charge on any atom is -0.478 e. The molecule has 19 heavy (non-hydrogen) atoms. The summed E-state index contributed by atoms with van der Waals surface area (Å²) >= 11 is 0. The molecule has 0 radical (unpaired) electrons. The normalized spacial score (nSPS) is 14.4. The van der Waals surface area contributed by atoms with E-state index in [1.807, 2.05) is 4.90 Å². The van der Waals surface area contributed by atoms with Crippen LogP contribution in [0.25, 0.3) is 0 Å². The number of nitrogens with zero attached hydrogens (tertiary/aromatic N) is 1. The van der Waals surface area contributed by atoms with Crippen LogP contribution in [0.5, 0.6) is 0 Å². The van der Waals surface area contributed by atoms with Crippen LogP contribution in [0.1, 0.15) is 29.6 Å². The quantitative estimate of drug-likeness (QED) is 0.849. The molecule has 2 rings (SSSR count). The second-order valence-corrected chi connectivity index (χ2v) is 4.65. The van der Waals surface area contributed by atoms with Gasteiger partial charge in [0.25, 0.3) is 0 Å². The highest BCUT2D eigenvalue weighted by Crippen LogP contribution is 2.11. The zero-order valence-electron chi connectivity index (χ0n) is 10.8. The van der Waals surface area contributed by atoms with E-state index in [-0.39, 0.29) is 11.5 Å². The van der Waals surface area contributed by atoms with Crippen LogP contribution in [0.4, 0.5) is 5.69 Å². The van der Waals surface area contributed by atoms with E-state index in [2.05, 4.69) is 5.32 Å². The van der Waals surface area contributed by atoms with Crippen LogP contribution in [0, 0.1) is 0 Å². The van der Waals surface area contributed by atoms with Gasteiger partial charge < -0.3 is 15.3 Å². The molecule has 1 aliphatic heterocycles. The van der Waals surface area contributed by atoms with Gasteiger partial charge in [-0.25, -0.2) is 4.79 Å². The summed E-state index contributed by atoms with van der Waals surface area (Å²) in [5.74, 6) is -0.747. The number of carboxylic acid groups (broad SMARTS) is 1. The van der Waals surface area contributed by atoms with Crippen LogP contribution < -0.4 is 5.32 Å². The van der Waals surface area contributed by atoms with E-state index in [0.29, 0.717) is 13.0 Å². The molecule has 102 valence electrons. The number of rotatable bonds is 5. The van der Waals surface area contributed by atoms with Crippen molar-refractivity contribution >= 4 is 17.6 Å². The lowest BCUT2D eigenvalue weighted by molar-refractivity contribution is -0.129. The van der Waals surface area contributed by atoms with Crippen molar-refractivity contribution < 1.29 is 14.7 Å². The van der Waals surface area contributed by atoms with Crippen molar-refractivity contribution in [3.8, 4) is 0 Å². The molecule has 5 nitrogen and oxygen atoms in total. The number of carbonyl (C=O) groups excluding carboxylic acids is 1. The maximum atomic E-state index is 11.8. The van der Waals surface area contributed by atoms with E-state index in [0.717, 1.165) is 31.6 Å². The largest absolute Gasteiger partial charge is 0.478 e. The first-order valence-corrected chi connectivity index (χ1v) is 6.52. The molecule has 1 aromatic rings. The van der Waals surface area contributed by atoms with Crippen LogP contribution >= 0.6 is 0 Å². The van der Waals surface area contributed by atoms with E-state index in [1.165, 1.54) is 0 Å². The molecule has 0 unspecified atom stereocenters. The molecule has 1 saturated heterocycles. The monoisotopic (exact) mass is 262 g/mol. The molecule has 0 spiro atoms. The smallest absolute Gasteiger partial charge is 0.335 e. The van der Waals surface area contributed by atoms with Crippen molar-refractivity contribution in [3.63, 3.8) is 0 Å². The molecule has 0 bridgehead atoms. The van der Waals surface area contributed by atoms with E-state index >= 15 is 0 Å². The van der Waals surface area contributed by atoms with Gasteiger partial charge in [-0.3, -0.25) is 4.79 Å². The maximum absolute atomic E-state index is 11.8. The Hall–Kier alpha value is -2.04. The van der Waals surface area contributed by atoms with Crippen LogP contribution in [0.15, 0.2) is 24.3 Å². The van der Waals surface area contributed by atoms with Gasteiger partial charge in [0.05, 0.1) is 5.56 Å². The Kier molecular flexibility index (Phi) is 4.39. The number of hydrogen-bond donors (Lipinski definition) is 2. The topological polar surface area (TPSA) is 69.6 Å². The molecule has 1 heterocycles. The molecule has 0 aromatic heterocycles. The van der Waals surface area contributed by atoms with Crippen molar-refractivity contribution in [1.82, 2.24) is 4.90 Å². The number of amides is 1. The Morgan fingerprint density at radius 3 is 2.37 bits per heavy atom. The summed E-state index contributed by atoms with van der Waals surface area (Å²) in [6.45, 7) is 2.33. The number of anilines is 1. The van der Waals surface area contributed by atoms with Crippen LogP contribution in [0.2, 0.25) is 0 Å². The molecule has 1 aromatic carbocycles. The standard InChI is InChI=1S/C14H18N2O3/c17-13(16-9-1-2-10-16)7-8-15-12-5-3-11(4-6-12)14(18)19/h3-6,15H,1-2,7-10H2,(H,18,19). The molecule has 2 N–H and O–H groups in total. The number of benzene rings is 1. The summed E-state index contributed by atoms with van der Waals surface area (Å²) in [6.07, 6.45) is 2.69. The summed E-state index contributed by atoms with van der Waals surface area (Å²) in [4.78, 5) is 24.4. The number of aromatic carboxylic acids is 1. The van der Waals surface area contributed by atoms with Gasteiger partial charge in [0, 0.05) is 31.7 Å². The lowest BCUT2D eigenvalue weighted by atomic mass is 10.2. The molecule has 0 aliphatic carbocycles. The zero-order chi connectivity index (χ0) is 13.7. The number of likely N-dealkylation sites (tertiary alicyclic amines) is 1. The fourth-order valence-electron chi connectivity index (χ4n) is 2.17. The van der Waals surface area contributed by atoms with Crippen molar-refractivity contribution in [3.05, 3.63) is 29.8 Å². The molecule has 0 atom stereocenters. The van der Waals surface area contributed by atoms with Crippen LogP contribution in [-0.4, -0.2) is 41.5 Å². The molecule has 5 heteroatoms. The minimum absolute atomic E-state index is 0.187. The van der Waals surface area contributed by atoms with Crippen molar-refractivity contribution in [2.24, 2.45) is 0 Å². The predicted molar refractivity (Wildman–Crippen MR) is 72.3 cm³/mol. The minimum atomic E-state index is -0.934. The SMILES string of the molecule is O=C(O)c1ccc(NCCC(=O)N2CCCC2)cc1. The number of carboxylic acids is 1. The third kappa shape index (κ3) is 3.71. The van der Waals surface area contributed by atoms with Gasteiger partial charge in [-0.2, -0.15) is 0 Å². The van der Waals surface area contributed by atoms with Gasteiger partial charge in [-0.1, -0.05) is 0 Å². The number of carbonyl (C=O) groups is 2. The van der Waals surface area contributed by atoms with Crippen molar-refractivity contribution in [1.29, 1.82) is 0 Å². The summed E-state index contributed by atoms with van der Waals surface area (Å²) in [5.41, 5.74) is 1.10. The summed E-state index contributed by atoms with van der Waals surface area (Å²) in [5, 5.41) is 11.9. The lowest BCUT2D eigenvalue weighted by Gasteiger charge is -2.15. The summed E-state index contributed by atoms with van der Waals surface area (Å²) < 4.78 is 0.